The largest absolute Gasteiger partial charge is 0.244 e. The number of halogens is 4. The van der Waals surface area contributed by atoms with Crippen molar-refractivity contribution in [3.05, 3.63) is 6.92 Å². The first-order valence-corrected chi connectivity index (χ1v) is 3.43. The van der Waals surface area contributed by atoms with Gasteiger partial charge in [-0.3, -0.25) is 0 Å². The van der Waals surface area contributed by atoms with Crippen molar-refractivity contribution in [1.29, 1.82) is 0 Å². The maximum absolute atomic E-state index is 12.4. The minimum Gasteiger partial charge on any atom is -0.244 e. The zero-order chi connectivity index (χ0) is 8.85. The Kier molecular flexibility index (Phi) is 5.24. The Morgan fingerprint density at radius 3 is 1.91 bits per heavy atom. The van der Waals surface area contributed by atoms with Crippen molar-refractivity contribution in [2.45, 2.75) is 38.0 Å². The molecule has 0 saturated heterocycles. The summed E-state index contributed by atoms with van der Waals surface area (Å²) in [5.74, 6) is 0. The Morgan fingerprint density at radius 2 is 1.55 bits per heavy atom. The van der Waals surface area contributed by atoms with Crippen LogP contribution in [-0.2, 0) is 0 Å². The van der Waals surface area contributed by atoms with Crippen molar-refractivity contribution in [3.63, 3.8) is 0 Å². The average molecular weight is 171 g/mol. The van der Waals surface area contributed by atoms with Gasteiger partial charge in [0, 0.05) is 6.42 Å². The molecular weight excluding hydrogens is 160 g/mol. The quantitative estimate of drug-likeness (QED) is 0.558. The zero-order valence-electron chi connectivity index (χ0n) is 6.07. The molecule has 4 heteroatoms. The van der Waals surface area contributed by atoms with E-state index in [9.17, 15) is 17.6 Å². The van der Waals surface area contributed by atoms with E-state index < -0.39 is 25.2 Å². The van der Waals surface area contributed by atoms with Gasteiger partial charge in [-0.2, -0.15) is 0 Å². The Morgan fingerprint density at radius 1 is 1.00 bits per heavy atom. The molecule has 0 amide bonds. The molecule has 0 aromatic rings. The predicted molar refractivity (Wildman–Crippen MR) is 35.0 cm³/mol. The Labute approximate surface area is 63.6 Å². The third-order valence-electron chi connectivity index (χ3n) is 1.28. The minimum atomic E-state index is -2.77. The highest BCUT2D eigenvalue weighted by Crippen LogP contribution is 2.17. The lowest BCUT2D eigenvalue weighted by atomic mass is 10.1. The summed E-state index contributed by atoms with van der Waals surface area (Å²) in [6, 6.07) is 0. The molecule has 1 radical (unpaired) electrons. The number of hydrogen-bond acceptors (Lipinski definition) is 0. The summed E-state index contributed by atoms with van der Waals surface area (Å²) in [5, 5.41) is 0. The SMILES string of the molecule is [CH2]CCC(F)[C@@H](F)CC(F)F. The Balaban J connectivity index is 3.54. The first-order valence-electron chi connectivity index (χ1n) is 3.43. The van der Waals surface area contributed by atoms with Gasteiger partial charge in [-0.05, 0) is 6.42 Å². The summed E-state index contributed by atoms with van der Waals surface area (Å²) in [6.45, 7) is 3.29. The molecule has 0 fully saturated rings. The molecule has 0 aliphatic rings. The highest BCUT2D eigenvalue weighted by atomic mass is 19.3. The lowest BCUT2D eigenvalue weighted by Crippen LogP contribution is -2.19. The number of alkyl halides is 4. The van der Waals surface area contributed by atoms with Crippen LogP contribution in [0.5, 0.6) is 0 Å². The van der Waals surface area contributed by atoms with Gasteiger partial charge in [0.05, 0.1) is 0 Å². The van der Waals surface area contributed by atoms with Crippen molar-refractivity contribution in [1.82, 2.24) is 0 Å². The normalized spacial score (nSPS) is 16.9. The molecule has 0 rings (SSSR count). The van der Waals surface area contributed by atoms with Gasteiger partial charge >= 0.3 is 0 Å². The summed E-state index contributed by atoms with van der Waals surface area (Å²) < 4.78 is 47.7. The van der Waals surface area contributed by atoms with Crippen molar-refractivity contribution in [2.75, 3.05) is 0 Å². The van der Waals surface area contributed by atoms with Gasteiger partial charge in [-0.25, -0.2) is 17.6 Å². The molecule has 0 heterocycles. The zero-order valence-corrected chi connectivity index (χ0v) is 6.07. The molecule has 0 aliphatic carbocycles. The van der Waals surface area contributed by atoms with Crippen LogP contribution in [0.3, 0.4) is 0 Å². The second kappa shape index (κ2) is 5.38. The summed E-state index contributed by atoms with van der Waals surface area (Å²) in [5.41, 5.74) is 0. The standard InChI is InChI=1S/C7H11F4/c1-2-3-5(8)6(9)4-7(10)11/h5-7H,1-4H2/t5?,6-/m0/s1. The smallest absolute Gasteiger partial charge is 0.241 e. The molecular formula is C7H11F4. The molecule has 11 heavy (non-hydrogen) atoms. The van der Waals surface area contributed by atoms with E-state index in [-0.39, 0.29) is 12.8 Å². The van der Waals surface area contributed by atoms with E-state index in [1.54, 1.807) is 0 Å². The maximum atomic E-state index is 12.4. The van der Waals surface area contributed by atoms with Gasteiger partial charge in [0.2, 0.25) is 6.43 Å². The fourth-order valence-electron chi connectivity index (χ4n) is 0.694. The molecule has 67 valence electrons. The molecule has 0 N–H and O–H groups in total. The molecule has 0 aromatic heterocycles. The third-order valence-corrected chi connectivity index (χ3v) is 1.28. The van der Waals surface area contributed by atoms with Crippen LogP contribution in [0.4, 0.5) is 17.6 Å². The summed E-state index contributed by atoms with van der Waals surface area (Å²) in [6.07, 6.45) is -7.48. The van der Waals surface area contributed by atoms with Crippen LogP contribution in [0.15, 0.2) is 0 Å². The number of hydrogen-bond donors (Lipinski definition) is 0. The van der Waals surface area contributed by atoms with Crippen molar-refractivity contribution < 1.29 is 17.6 Å². The van der Waals surface area contributed by atoms with Crippen LogP contribution >= 0.6 is 0 Å². The average Bonchev–Trinajstić information content (AvgIpc) is 1.86. The predicted octanol–water partition coefficient (Wildman–Crippen LogP) is 2.93. The second-order valence-corrected chi connectivity index (χ2v) is 2.30. The van der Waals surface area contributed by atoms with E-state index in [1.807, 2.05) is 0 Å². The second-order valence-electron chi connectivity index (χ2n) is 2.30. The highest BCUT2D eigenvalue weighted by Gasteiger charge is 2.23. The van der Waals surface area contributed by atoms with Gasteiger partial charge in [-0.15, -0.1) is 0 Å². The van der Waals surface area contributed by atoms with E-state index in [4.69, 9.17) is 0 Å². The van der Waals surface area contributed by atoms with Crippen LogP contribution in [-0.4, -0.2) is 18.8 Å². The van der Waals surface area contributed by atoms with Crippen molar-refractivity contribution in [3.8, 4) is 0 Å². The van der Waals surface area contributed by atoms with Gasteiger partial charge in [0.25, 0.3) is 0 Å². The van der Waals surface area contributed by atoms with E-state index in [0.717, 1.165) is 0 Å². The molecule has 0 spiro atoms. The third kappa shape index (κ3) is 5.04. The fraction of sp³-hybridized carbons (Fsp3) is 0.857. The molecule has 0 aromatic carbocycles. The Hall–Kier alpha value is -0.280. The highest BCUT2D eigenvalue weighted by molar-refractivity contribution is 4.69. The van der Waals surface area contributed by atoms with Gasteiger partial charge < -0.3 is 0 Å². The summed E-state index contributed by atoms with van der Waals surface area (Å²) in [7, 11) is 0. The van der Waals surface area contributed by atoms with Crippen LogP contribution in [0, 0.1) is 6.92 Å². The van der Waals surface area contributed by atoms with Crippen LogP contribution < -0.4 is 0 Å². The van der Waals surface area contributed by atoms with E-state index in [1.165, 1.54) is 0 Å². The van der Waals surface area contributed by atoms with Crippen LogP contribution in [0.1, 0.15) is 19.3 Å². The summed E-state index contributed by atoms with van der Waals surface area (Å²) in [4.78, 5) is 0. The van der Waals surface area contributed by atoms with Crippen LogP contribution in [0.2, 0.25) is 0 Å². The summed E-state index contributed by atoms with van der Waals surface area (Å²) >= 11 is 0. The molecule has 2 atom stereocenters. The van der Waals surface area contributed by atoms with Crippen molar-refractivity contribution >= 4 is 0 Å². The topological polar surface area (TPSA) is 0 Å². The fourth-order valence-corrected chi connectivity index (χ4v) is 0.694. The molecule has 0 aliphatic heterocycles. The first kappa shape index (κ1) is 10.7. The van der Waals surface area contributed by atoms with Gasteiger partial charge in [0.15, 0.2) is 0 Å². The Bertz CT molecular complexity index is 94.4. The van der Waals surface area contributed by atoms with Gasteiger partial charge in [-0.1, -0.05) is 13.3 Å². The lowest BCUT2D eigenvalue weighted by Gasteiger charge is -2.11. The number of rotatable bonds is 5. The van der Waals surface area contributed by atoms with Crippen molar-refractivity contribution in [2.24, 2.45) is 0 Å². The van der Waals surface area contributed by atoms with Gasteiger partial charge in [0.1, 0.15) is 12.3 Å². The van der Waals surface area contributed by atoms with E-state index in [2.05, 4.69) is 6.92 Å². The molecule has 0 saturated carbocycles. The van der Waals surface area contributed by atoms with E-state index >= 15 is 0 Å². The van der Waals surface area contributed by atoms with E-state index in [0.29, 0.717) is 0 Å². The molecule has 0 bridgehead atoms. The maximum Gasteiger partial charge on any atom is 0.241 e. The van der Waals surface area contributed by atoms with Crippen LogP contribution in [0.25, 0.3) is 0 Å². The monoisotopic (exact) mass is 171 g/mol. The first-order chi connectivity index (χ1) is 5.07. The minimum absolute atomic E-state index is 0.0894. The molecule has 0 nitrogen and oxygen atoms in total. The molecule has 1 unspecified atom stereocenters. The lowest BCUT2D eigenvalue weighted by molar-refractivity contribution is 0.0620.